The summed E-state index contributed by atoms with van der Waals surface area (Å²) in [7, 11) is 0. The zero-order valence-corrected chi connectivity index (χ0v) is 20.9. The van der Waals surface area contributed by atoms with Gasteiger partial charge in [0.2, 0.25) is 11.8 Å². The molecule has 9 nitrogen and oxygen atoms in total. The maximum absolute atomic E-state index is 12.8. The summed E-state index contributed by atoms with van der Waals surface area (Å²) in [6.07, 6.45) is 3.36. The van der Waals surface area contributed by atoms with Crippen molar-refractivity contribution in [3.63, 3.8) is 0 Å². The van der Waals surface area contributed by atoms with E-state index in [9.17, 15) is 9.59 Å². The van der Waals surface area contributed by atoms with Crippen LogP contribution < -0.4 is 21.3 Å². The fourth-order valence-electron chi connectivity index (χ4n) is 4.74. The molecule has 1 aromatic heterocycles. The summed E-state index contributed by atoms with van der Waals surface area (Å²) >= 11 is 0. The van der Waals surface area contributed by atoms with Crippen molar-refractivity contribution in [1.82, 2.24) is 20.6 Å². The van der Waals surface area contributed by atoms with E-state index in [0.29, 0.717) is 19.0 Å². The number of aromatic nitrogens is 2. The number of ether oxygens (including phenoxy) is 1. The Morgan fingerprint density at radius 3 is 2.49 bits per heavy atom. The lowest BCUT2D eigenvalue weighted by molar-refractivity contribution is -0.120. The van der Waals surface area contributed by atoms with Crippen LogP contribution in [0.5, 0.6) is 0 Å². The second kappa shape index (κ2) is 11.6. The summed E-state index contributed by atoms with van der Waals surface area (Å²) in [6.45, 7) is 5.33. The Kier molecular flexibility index (Phi) is 7.84. The van der Waals surface area contributed by atoms with Crippen molar-refractivity contribution in [3.8, 4) is 22.6 Å². The molecule has 4 N–H and O–H groups in total. The van der Waals surface area contributed by atoms with Crippen molar-refractivity contribution in [2.24, 2.45) is 5.92 Å². The quantitative estimate of drug-likeness (QED) is 0.410. The van der Waals surface area contributed by atoms with Gasteiger partial charge in [-0.2, -0.15) is 0 Å². The Balaban J connectivity index is 1.45. The molecule has 5 rings (SSSR count). The Morgan fingerprint density at radius 1 is 0.946 bits per heavy atom. The lowest BCUT2D eigenvalue weighted by Crippen LogP contribution is -2.34. The highest BCUT2D eigenvalue weighted by atomic mass is 16.5. The van der Waals surface area contributed by atoms with E-state index in [1.54, 1.807) is 0 Å². The molecule has 2 aliphatic rings. The third kappa shape index (κ3) is 6.19. The van der Waals surface area contributed by atoms with Gasteiger partial charge in [-0.25, -0.2) is 9.97 Å². The maximum atomic E-state index is 12.8. The number of piperidine rings is 1. The number of morpholine rings is 1. The number of nitrogens with one attached hydrogen (secondary N) is 4. The van der Waals surface area contributed by atoms with Crippen molar-refractivity contribution in [2.75, 3.05) is 43.4 Å². The number of nitrogens with zero attached hydrogens (tertiary/aromatic N) is 2. The molecule has 3 heterocycles. The highest BCUT2D eigenvalue weighted by molar-refractivity contribution is 5.93. The third-order valence-corrected chi connectivity index (χ3v) is 6.67. The molecule has 0 saturated carbocycles. The van der Waals surface area contributed by atoms with E-state index in [1.165, 1.54) is 6.92 Å². The fraction of sp³-hybridized carbons (Fsp3) is 0.357. The molecule has 192 valence electrons. The van der Waals surface area contributed by atoms with E-state index in [2.05, 4.69) is 26.3 Å². The molecule has 1 atom stereocenters. The highest BCUT2D eigenvalue weighted by Gasteiger charge is 2.23. The average molecular weight is 501 g/mol. The van der Waals surface area contributed by atoms with Gasteiger partial charge < -0.3 is 26.0 Å². The van der Waals surface area contributed by atoms with Crippen molar-refractivity contribution in [3.05, 3.63) is 60.3 Å². The summed E-state index contributed by atoms with van der Waals surface area (Å²) in [5.41, 5.74) is 4.84. The van der Waals surface area contributed by atoms with Crippen LogP contribution in [-0.4, -0.2) is 54.6 Å². The molecule has 2 aliphatic heterocycles. The molecule has 1 unspecified atom stereocenters. The van der Waals surface area contributed by atoms with Crippen LogP contribution in [0.1, 0.15) is 31.4 Å². The largest absolute Gasteiger partial charge is 0.371 e. The second-order valence-electron chi connectivity index (χ2n) is 9.41. The summed E-state index contributed by atoms with van der Waals surface area (Å²) in [4.78, 5) is 33.8. The van der Waals surface area contributed by atoms with E-state index in [0.717, 1.165) is 66.2 Å². The Labute approximate surface area is 216 Å². The molecule has 37 heavy (non-hydrogen) atoms. The number of hydrogen-bond donors (Lipinski definition) is 4. The highest BCUT2D eigenvalue weighted by Crippen LogP contribution is 2.32. The van der Waals surface area contributed by atoms with Crippen LogP contribution in [0, 0.1) is 5.92 Å². The summed E-state index contributed by atoms with van der Waals surface area (Å²) in [5.74, 6) is 0.520. The number of hydrogen-bond acceptors (Lipinski definition) is 7. The topological polar surface area (TPSA) is 117 Å². The van der Waals surface area contributed by atoms with Crippen LogP contribution in [0.3, 0.4) is 0 Å². The van der Waals surface area contributed by atoms with Crippen LogP contribution in [0.2, 0.25) is 0 Å². The van der Waals surface area contributed by atoms with Gasteiger partial charge in [-0.15, -0.1) is 0 Å². The molecule has 3 aromatic rings. The molecule has 0 spiro atoms. The number of carbonyl (C=O) groups excluding carboxylic acids is 2. The van der Waals surface area contributed by atoms with Crippen LogP contribution in [0.25, 0.3) is 22.6 Å². The molecule has 9 heteroatoms. The van der Waals surface area contributed by atoms with E-state index in [4.69, 9.17) is 9.72 Å². The van der Waals surface area contributed by atoms with E-state index in [1.807, 2.05) is 54.7 Å². The monoisotopic (exact) mass is 500 g/mol. The smallest absolute Gasteiger partial charge is 0.227 e. The second-order valence-corrected chi connectivity index (χ2v) is 9.41. The molecule has 2 saturated heterocycles. The van der Waals surface area contributed by atoms with E-state index >= 15 is 0 Å². The molecule has 0 aliphatic carbocycles. The number of rotatable bonds is 6. The van der Waals surface area contributed by atoms with Gasteiger partial charge in [0.25, 0.3) is 0 Å². The molecule has 2 fully saturated rings. The summed E-state index contributed by atoms with van der Waals surface area (Å²) in [6, 6.07) is 15.2. The molecule has 0 radical (unpaired) electrons. The number of benzene rings is 2. The van der Waals surface area contributed by atoms with Crippen LogP contribution >= 0.6 is 0 Å². The molecular formula is C28H32N6O3. The summed E-state index contributed by atoms with van der Waals surface area (Å²) in [5, 5.41) is 12.5. The van der Waals surface area contributed by atoms with E-state index < -0.39 is 0 Å². The standard InChI is InChI=1S/C28H32N6O3/c1-18(35)32-22-7-5-19(6-8-22)26-24(25-17-30-13-14-37-25)16-31-27(34-26)21-3-2-4-23(15-21)33-28(36)20-9-11-29-12-10-20/h2-8,15-16,20,25,29-30H,9-14,17H2,1H3,(H,32,35)(H,33,36). The van der Waals surface area contributed by atoms with Crippen LogP contribution in [0.4, 0.5) is 11.4 Å². The third-order valence-electron chi connectivity index (χ3n) is 6.67. The van der Waals surface area contributed by atoms with Gasteiger partial charge in [-0.05, 0) is 50.2 Å². The predicted octanol–water partition coefficient (Wildman–Crippen LogP) is 3.37. The van der Waals surface area contributed by atoms with E-state index in [-0.39, 0.29) is 23.8 Å². The van der Waals surface area contributed by atoms with Gasteiger partial charge in [0.05, 0.1) is 18.4 Å². The van der Waals surface area contributed by atoms with Crippen molar-refractivity contribution in [1.29, 1.82) is 0 Å². The minimum Gasteiger partial charge on any atom is -0.371 e. The lowest BCUT2D eigenvalue weighted by Gasteiger charge is -2.25. The van der Waals surface area contributed by atoms with Gasteiger partial charge in [-0.3, -0.25) is 9.59 Å². The first-order valence-corrected chi connectivity index (χ1v) is 12.8. The Morgan fingerprint density at radius 2 is 1.76 bits per heavy atom. The fourth-order valence-corrected chi connectivity index (χ4v) is 4.74. The predicted molar refractivity (Wildman–Crippen MR) is 143 cm³/mol. The lowest BCUT2D eigenvalue weighted by atomic mass is 9.97. The normalized spacial score (nSPS) is 18.2. The number of carbonyl (C=O) groups is 2. The SMILES string of the molecule is CC(=O)Nc1ccc(-c2nc(-c3cccc(NC(=O)C4CCNCC4)c3)ncc2C2CNCCO2)cc1. The van der Waals surface area contributed by atoms with Crippen LogP contribution in [-0.2, 0) is 14.3 Å². The van der Waals surface area contributed by atoms with Gasteiger partial charge in [0.1, 0.15) is 0 Å². The van der Waals surface area contributed by atoms with Gasteiger partial charge in [-0.1, -0.05) is 24.3 Å². The summed E-state index contributed by atoms with van der Waals surface area (Å²) < 4.78 is 6.02. The number of amides is 2. The molecule has 2 aromatic carbocycles. The average Bonchev–Trinajstić information content (AvgIpc) is 2.94. The first kappa shape index (κ1) is 25.0. The molecular weight excluding hydrogens is 468 g/mol. The molecule has 0 bridgehead atoms. The maximum Gasteiger partial charge on any atom is 0.227 e. The first-order valence-electron chi connectivity index (χ1n) is 12.8. The Hall–Kier alpha value is -3.66. The first-order chi connectivity index (χ1) is 18.1. The van der Waals surface area contributed by atoms with Crippen molar-refractivity contribution in [2.45, 2.75) is 25.9 Å². The van der Waals surface area contributed by atoms with Gasteiger partial charge in [0, 0.05) is 60.2 Å². The van der Waals surface area contributed by atoms with Crippen molar-refractivity contribution < 1.29 is 14.3 Å². The zero-order chi connectivity index (χ0) is 25.6. The zero-order valence-electron chi connectivity index (χ0n) is 20.9. The van der Waals surface area contributed by atoms with Crippen LogP contribution in [0.15, 0.2) is 54.7 Å². The van der Waals surface area contributed by atoms with Gasteiger partial charge >= 0.3 is 0 Å². The Bertz CT molecular complexity index is 1250. The van der Waals surface area contributed by atoms with Crippen molar-refractivity contribution >= 4 is 23.2 Å². The minimum absolute atomic E-state index is 0.0246. The minimum atomic E-state index is -0.163. The number of anilines is 2. The van der Waals surface area contributed by atoms with Gasteiger partial charge in [0.15, 0.2) is 5.82 Å². The molecule has 2 amide bonds.